The van der Waals surface area contributed by atoms with Crippen molar-refractivity contribution in [3.63, 3.8) is 0 Å². The number of hydrogen-bond donors (Lipinski definition) is 1. The summed E-state index contributed by atoms with van der Waals surface area (Å²) in [4.78, 5) is 2.12. The number of furan rings is 1. The molecule has 1 atom stereocenters. The predicted molar refractivity (Wildman–Crippen MR) is 115 cm³/mol. The van der Waals surface area contributed by atoms with Crippen molar-refractivity contribution < 1.29 is 23.7 Å². The average Bonchev–Trinajstić information content (AvgIpc) is 3.26. The van der Waals surface area contributed by atoms with Crippen LogP contribution in [-0.2, 0) is 13.1 Å². The second kappa shape index (κ2) is 10.7. The summed E-state index contributed by atoms with van der Waals surface area (Å²) in [5.41, 5.74) is 2.09. The Hall–Kier alpha value is -2.96. The van der Waals surface area contributed by atoms with Gasteiger partial charge in [-0.2, -0.15) is 0 Å². The summed E-state index contributed by atoms with van der Waals surface area (Å²) in [5.74, 6) is 2.98. The minimum Gasteiger partial charge on any atom is -0.493 e. The average molecular weight is 411 g/mol. The van der Waals surface area contributed by atoms with Crippen LogP contribution in [0, 0.1) is 6.92 Å². The summed E-state index contributed by atoms with van der Waals surface area (Å²) in [6.07, 6.45) is 1.00. The monoisotopic (exact) mass is 411 g/mol. The Morgan fingerprint density at radius 3 is 2.43 bits per heavy atom. The van der Waals surface area contributed by atoms with Crippen molar-refractivity contribution in [3.8, 4) is 17.2 Å². The van der Waals surface area contributed by atoms with Crippen molar-refractivity contribution in [3.05, 3.63) is 77.7 Å². The molecule has 1 N–H and O–H groups in total. The number of para-hydroxylation sites is 1. The first-order valence-corrected chi connectivity index (χ1v) is 9.91. The van der Waals surface area contributed by atoms with Gasteiger partial charge >= 0.3 is 0 Å². The Morgan fingerprint density at radius 2 is 1.73 bits per heavy atom. The highest BCUT2D eigenvalue weighted by Gasteiger charge is 2.16. The van der Waals surface area contributed by atoms with Crippen molar-refractivity contribution in [2.45, 2.75) is 26.1 Å². The third-order valence-electron chi connectivity index (χ3n) is 4.81. The minimum atomic E-state index is -0.653. The van der Waals surface area contributed by atoms with Gasteiger partial charge in [0, 0.05) is 13.1 Å². The van der Waals surface area contributed by atoms with Crippen LogP contribution in [0.15, 0.2) is 65.3 Å². The number of aliphatic hydroxyl groups excluding tert-OH is 1. The van der Waals surface area contributed by atoms with E-state index < -0.39 is 6.10 Å². The fourth-order valence-electron chi connectivity index (χ4n) is 3.30. The molecule has 0 aliphatic heterocycles. The fourth-order valence-corrected chi connectivity index (χ4v) is 3.30. The van der Waals surface area contributed by atoms with Gasteiger partial charge in [-0.15, -0.1) is 0 Å². The van der Waals surface area contributed by atoms with Gasteiger partial charge in [-0.1, -0.05) is 24.3 Å². The number of hydrogen-bond acceptors (Lipinski definition) is 6. The Balaban J connectivity index is 1.67. The third kappa shape index (κ3) is 6.02. The van der Waals surface area contributed by atoms with E-state index in [0.29, 0.717) is 31.1 Å². The molecule has 6 heteroatoms. The molecule has 0 saturated carbocycles. The Bertz CT molecular complexity index is 910. The van der Waals surface area contributed by atoms with E-state index in [9.17, 15) is 5.11 Å². The zero-order chi connectivity index (χ0) is 21.3. The summed E-state index contributed by atoms with van der Waals surface area (Å²) in [7, 11) is 3.24. The van der Waals surface area contributed by atoms with Gasteiger partial charge in [-0.3, -0.25) is 4.90 Å². The summed E-state index contributed by atoms with van der Waals surface area (Å²) < 4.78 is 22.1. The molecule has 0 unspecified atom stereocenters. The maximum Gasteiger partial charge on any atom is 0.161 e. The summed E-state index contributed by atoms with van der Waals surface area (Å²) >= 11 is 0. The van der Waals surface area contributed by atoms with Gasteiger partial charge < -0.3 is 23.7 Å². The van der Waals surface area contributed by atoms with E-state index in [2.05, 4.69) is 4.90 Å². The molecule has 160 valence electrons. The summed E-state index contributed by atoms with van der Waals surface area (Å²) in [6, 6.07) is 17.4. The van der Waals surface area contributed by atoms with Crippen molar-refractivity contribution in [2.24, 2.45) is 0 Å². The third-order valence-corrected chi connectivity index (χ3v) is 4.81. The summed E-state index contributed by atoms with van der Waals surface area (Å²) in [5, 5.41) is 10.6. The SMILES string of the molecule is COc1ccc(CN(Cc2ccco2)C[C@H](O)COc2ccccc2C)cc1OC. The van der Waals surface area contributed by atoms with Crippen LogP contribution in [0.5, 0.6) is 17.2 Å². The van der Waals surface area contributed by atoms with Crippen molar-refractivity contribution >= 4 is 0 Å². The molecule has 6 nitrogen and oxygen atoms in total. The standard InChI is InChI=1S/C24H29NO5/c1-18-7-4-5-9-22(18)30-17-20(26)15-25(16-21-8-6-12-29-21)14-19-10-11-23(27-2)24(13-19)28-3/h4-13,20,26H,14-17H2,1-3H3/t20-/m0/s1. The highest BCUT2D eigenvalue weighted by Crippen LogP contribution is 2.28. The Morgan fingerprint density at radius 1 is 0.933 bits per heavy atom. The van der Waals surface area contributed by atoms with E-state index >= 15 is 0 Å². The second-order valence-corrected chi connectivity index (χ2v) is 7.17. The molecule has 1 heterocycles. The Labute approximate surface area is 177 Å². The van der Waals surface area contributed by atoms with Gasteiger partial charge in [-0.25, -0.2) is 0 Å². The molecule has 2 aromatic carbocycles. The fraction of sp³-hybridized carbons (Fsp3) is 0.333. The smallest absolute Gasteiger partial charge is 0.161 e. The number of nitrogens with zero attached hydrogens (tertiary/aromatic N) is 1. The molecule has 30 heavy (non-hydrogen) atoms. The first-order valence-electron chi connectivity index (χ1n) is 9.91. The first-order chi connectivity index (χ1) is 14.6. The van der Waals surface area contributed by atoms with E-state index in [1.165, 1.54) is 0 Å². The number of rotatable bonds is 11. The van der Waals surface area contributed by atoms with Crippen LogP contribution in [0.4, 0.5) is 0 Å². The second-order valence-electron chi connectivity index (χ2n) is 7.17. The zero-order valence-corrected chi connectivity index (χ0v) is 17.7. The number of aliphatic hydroxyl groups is 1. The number of methoxy groups -OCH3 is 2. The molecule has 0 radical (unpaired) electrons. The van der Waals surface area contributed by atoms with Crippen LogP contribution in [0.25, 0.3) is 0 Å². The van der Waals surface area contributed by atoms with E-state index in [0.717, 1.165) is 22.6 Å². The van der Waals surface area contributed by atoms with Gasteiger partial charge in [0.05, 0.1) is 27.0 Å². The van der Waals surface area contributed by atoms with Crippen molar-refractivity contribution in [1.29, 1.82) is 0 Å². The lowest BCUT2D eigenvalue weighted by molar-refractivity contribution is 0.0602. The molecule has 0 aliphatic carbocycles. The number of benzene rings is 2. The molecule has 3 aromatic rings. The molecule has 1 aromatic heterocycles. The van der Waals surface area contributed by atoms with E-state index in [1.54, 1.807) is 20.5 Å². The topological polar surface area (TPSA) is 64.3 Å². The Kier molecular flexibility index (Phi) is 7.76. The van der Waals surface area contributed by atoms with Crippen LogP contribution in [0.1, 0.15) is 16.9 Å². The van der Waals surface area contributed by atoms with Crippen LogP contribution in [0.2, 0.25) is 0 Å². The summed E-state index contributed by atoms with van der Waals surface area (Å²) in [6.45, 7) is 3.82. The quantitative estimate of drug-likeness (QED) is 0.514. The molecular weight excluding hydrogens is 382 g/mol. The molecule has 0 saturated heterocycles. The lowest BCUT2D eigenvalue weighted by Gasteiger charge is -2.25. The normalized spacial score (nSPS) is 12.0. The lowest BCUT2D eigenvalue weighted by Crippen LogP contribution is -2.35. The van der Waals surface area contributed by atoms with Gasteiger partial charge in [0.1, 0.15) is 24.2 Å². The predicted octanol–water partition coefficient (Wildman–Crippen LogP) is 4.05. The molecule has 3 rings (SSSR count). The van der Waals surface area contributed by atoms with Crippen LogP contribution in [0.3, 0.4) is 0 Å². The highest BCUT2D eigenvalue weighted by atomic mass is 16.5. The molecule has 0 bridgehead atoms. The number of aryl methyl sites for hydroxylation is 1. The first kappa shape index (κ1) is 21.7. The largest absolute Gasteiger partial charge is 0.493 e. The van der Waals surface area contributed by atoms with Crippen molar-refractivity contribution in [1.82, 2.24) is 4.90 Å². The van der Waals surface area contributed by atoms with E-state index in [4.69, 9.17) is 18.6 Å². The van der Waals surface area contributed by atoms with E-state index in [-0.39, 0.29) is 6.61 Å². The van der Waals surface area contributed by atoms with Gasteiger partial charge in [0.2, 0.25) is 0 Å². The highest BCUT2D eigenvalue weighted by molar-refractivity contribution is 5.42. The van der Waals surface area contributed by atoms with Gasteiger partial charge in [-0.05, 0) is 48.4 Å². The molecule has 0 spiro atoms. The van der Waals surface area contributed by atoms with Gasteiger partial charge in [0.25, 0.3) is 0 Å². The molecular formula is C24H29NO5. The van der Waals surface area contributed by atoms with Crippen molar-refractivity contribution in [2.75, 3.05) is 27.4 Å². The molecule has 0 aliphatic rings. The lowest BCUT2D eigenvalue weighted by atomic mass is 10.1. The maximum atomic E-state index is 10.6. The van der Waals surface area contributed by atoms with E-state index in [1.807, 2.05) is 61.5 Å². The van der Waals surface area contributed by atoms with Crippen LogP contribution in [-0.4, -0.2) is 43.5 Å². The van der Waals surface area contributed by atoms with Crippen LogP contribution < -0.4 is 14.2 Å². The molecule has 0 fully saturated rings. The minimum absolute atomic E-state index is 0.214. The molecule has 0 amide bonds. The van der Waals surface area contributed by atoms with Crippen LogP contribution >= 0.6 is 0 Å². The maximum absolute atomic E-state index is 10.6. The zero-order valence-electron chi connectivity index (χ0n) is 17.7. The number of ether oxygens (including phenoxy) is 3. The van der Waals surface area contributed by atoms with Gasteiger partial charge in [0.15, 0.2) is 11.5 Å².